The summed E-state index contributed by atoms with van der Waals surface area (Å²) < 4.78 is 7.45. The molecule has 1 atom stereocenters. The molecule has 1 aliphatic rings. The molecule has 0 radical (unpaired) electrons. The number of anilines is 1. The number of nitrogens with zero attached hydrogens (tertiary/aromatic N) is 6. The molecule has 1 aliphatic heterocycles. The minimum Gasteiger partial charge on any atom is -0.444 e. The van der Waals surface area contributed by atoms with E-state index < -0.39 is 11.5 Å². The number of imidazole rings is 1. The first-order valence-corrected chi connectivity index (χ1v) is 12.6. The maximum absolute atomic E-state index is 13.0. The summed E-state index contributed by atoms with van der Waals surface area (Å²) in [6.45, 7) is 10.9. The Morgan fingerprint density at radius 1 is 1.22 bits per heavy atom. The van der Waals surface area contributed by atoms with E-state index in [0.29, 0.717) is 44.0 Å². The fourth-order valence-electron chi connectivity index (χ4n) is 4.56. The lowest BCUT2D eigenvalue weighted by Gasteiger charge is -2.32. The average Bonchev–Trinajstić information content (AvgIpc) is 3.23. The largest absolute Gasteiger partial charge is 0.444 e. The van der Waals surface area contributed by atoms with Crippen LogP contribution in [0.5, 0.6) is 0 Å². The number of carbonyl (C=O) groups is 2. The van der Waals surface area contributed by atoms with E-state index >= 15 is 0 Å². The van der Waals surface area contributed by atoms with E-state index in [-0.39, 0.29) is 23.9 Å². The van der Waals surface area contributed by atoms with Gasteiger partial charge in [-0.3, -0.25) is 10.1 Å². The fourth-order valence-corrected chi connectivity index (χ4v) is 4.56. The molecule has 3 aromatic rings. The van der Waals surface area contributed by atoms with E-state index in [0.717, 1.165) is 16.6 Å². The SMILES string of the molecule is CCn1c(C(C#N)c2nc(NC(=O)C3CCN(C(=O)OC(C)(C)C)CC3)ncc2C)nc2ccccc21. The van der Waals surface area contributed by atoms with Crippen LogP contribution in [0.1, 0.15) is 63.5 Å². The smallest absolute Gasteiger partial charge is 0.410 e. The highest BCUT2D eigenvalue weighted by Gasteiger charge is 2.31. The number of piperidine rings is 1. The van der Waals surface area contributed by atoms with Gasteiger partial charge < -0.3 is 14.2 Å². The molecule has 2 amide bonds. The molecule has 37 heavy (non-hydrogen) atoms. The summed E-state index contributed by atoms with van der Waals surface area (Å²) in [6, 6.07) is 10.1. The minimum atomic E-state index is -0.719. The van der Waals surface area contributed by atoms with Gasteiger partial charge in [-0.25, -0.2) is 19.7 Å². The number of hydrogen-bond acceptors (Lipinski definition) is 7. The van der Waals surface area contributed by atoms with Crippen molar-refractivity contribution >= 4 is 29.0 Å². The minimum absolute atomic E-state index is 0.152. The molecule has 1 aromatic carbocycles. The van der Waals surface area contributed by atoms with Crippen molar-refractivity contribution in [1.82, 2.24) is 24.4 Å². The summed E-state index contributed by atoms with van der Waals surface area (Å²) in [6.07, 6.45) is 2.29. The summed E-state index contributed by atoms with van der Waals surface area (Å²) in [7, 11) is 0. The predicted molar refractivity (Wildman–Crippen MR) is 139 cm³/mol. The molecule has 1 fully saturated rings. The number of rotatable bonds is 5. The Morgan fingerprint density at radius 2 is 1.92 bits per heavy atom. The molecule has 194 valence electrons. The van der Waals surface area contributed by atoms with Crippen molar-refractivity contribution in [1.29, 1.82) is 5.26 Å². The van der Waals surface area contributed by atoms with Gasteiger partial charge in [-0.15, -0.1) is 0 Å². The summed E-state index contributed by atoms with van der Waals surface area (Å²) >= 11 is 0. The van der Waals surface area contributed by atoms with Crippen LogP contribution in [0.15, 0.2) is 30.5 Å². The highest BCUT2D eigenvalue weighted by atomic mass is 16.6. The monoisotopic (exact) mass is 503 g/mol. The van der Waals surface area contributed by atoms with Crippen LogP contribution >= 0.6 is 0 Å². The van der Waals surface area contributed by atoms with Crippen LogP contribution < -0.4 is 5.32 Å². The van der Waals surface area contributed by atoms with E-state index in [1.165, 1.54) is 0 Å². The van der Waals surface area contributed by atoms with Crippen LogP contribution in [0.4, 0.5) is 10.7 Å². The third-order valence-electron chi connectivity index (χ3n) is 6.42. The standard InChI is InChI=1S/C27H33N7O3/c1-6-34-21-10-8-7-9-20(21)30-23(34)19(15-28)22-17(2)16-29-25(31-22)32-24(35)18-11-13-33(14-12-18)26(36)37-27(3,4)5/h7-10,16,18-19H,6,11-14H2,1-5H3,(H,29,31,32,35). The molecular formula is C27H33N7O3. The number of benzene rings is 1. The van der Waals surface area contributed by atoms with Crippen molar-refractivity contribution in [3.05, 3.63) is 47.5 Å². The third kappa shape index (κ3) is 5.71. The van der Waals surface area contributed by atoms with E-state index in [4.69, 9.17) is 9.72 Å². The Balaban J connectivity index is 1.49. The highest BCUT2D eigenvalue weighted by Crippen LogP contribution is 2.29. The quantitative estimate of drug-likeness (QED) is 0.547. The Hall–Kier alpha value is -4.00. The fraction of sp³-hybridized carbons (Fsp3) is 0.481. The van der Waals surface area contributed by atoms with Gasteiger partial charge in [0.2, 0.25) is 11.9 Å². The number of hydrogen-bond donors (Lipinski definition) is 1. The van der Waals surface area contributed by atoms with Crippen molar-refractivity contribution in [2.24, 2.45) is 5.92 Å². The number of fused-ring (bicyclic) bond motifs is 1. The molecule has 4 rings (SSSR count). The Labute approximate surface area is 216 Å². The van der Waals surface area contributed by atoms with E-state index in [1.54, 1.807) is 11.1 Å². The number of aromatic nitrogens is 4. The number of nitriles is 1. The lowest BCUT2D eigenvalue weighted by Crippen LogP contribution is -2.43. The van der Waals surface area contributed by atoms with E-state index in [9.17, 15) is 14.9 Å². The lowest BCUT2D eigenvalue weighted by molar-refractivity contribution is -0.121. The van der Waals surface area contributed by atoms with Gasteiger partial charge in [-0.2, -0.15) is 5.26 Å². The van der Waals surface area contributed by atoms with Gasteiger partial charge >= 0.3 is 6.09 Å². The zero-order chi connectivity index (χ0) is 26.7. The van der Waals surface area contributed by atoms with Crippen molar-refractivity contribution in [2.45, 2.75) is 65.5 Å². The summed E-state index contributed by atoms with van der Waals surface area (Å²) in [5, 5.41) is 12.9. The number of amides is 2. The van der Waals surface area contributed by atoms with Crippen LogP contribution in [-0.2, 0) is 16.1 Å². The molecule has 3 heterocycles. The molecule has 1 unspecified atom stereocenters. The molecule has 0 saturated carbocycles. The van der Waals surface area contributed by atoms with Gasteiger partial charge in [0.15, 0.2) is 0 Å². The van der Waals surface area contributed by atoms with Gasteiger partial charge in [0.25, 0.3) is 0 Å². The predicted octanol–water partition coefficient (Wildman–Crippen LogP) is 4.40. The van der Waals surface area contributed by atoms with Gasteiger partial charge in [0.1, 0.15) is 17.3 Å². The van der Waals surface area contributed by atoms with Crippen molar-refractivity contribution in [3.63, 3.8) is 0 Å². The Kier molecular flexibility index (Phi) is 7.43. The van der Waals surface area contributed by atoms with Gasteiger partial charge in [-0.1, -0.05) is 12.1 Å². The summed E-state index contributed by atoms with van der Waals surface area (Å²) in [5.41, 5.74) is 2.46. The molecule has 10 heteroatoms. The van der Waals surface area contributed by atoms with Crippen LogP contribution in [0.2, 0.25) is 0 Å². The van der Waals surface area contributed by atoms with E-state index in [2.05, 4.69) is 21.4 Å². The maximum Gasteiger partial charge on any atom is 0.410 e. The summed E-state index contributed by atoms with van der Waals surface area (Å²) in [5.74, 6) is -0.432. The molecule has 1 saturated heterocycles. The van der Waals surface area contributed by atoms with Crippen LogP contribution in [0, 0.1) is 24.2 Å². The number of para-hydroxylation sites is 2. The second-order valence-corrected chi connectivity index (χ2v) is 10.3. The first kappa shape index (κ1) is 26.1. The first-order chi connectivity index (χ1) is 17.6. The third-order valence-corrected chi connectivity index (χ3v) is 6.42. The molecule has 10 nitrogen and oxygen atoms in total. The zero-order valence-corrected chi connectivity index (χ0v) is 22.0. The molecule has 0 spiro atoms. The number of carbonyl (C=O) groups excluding carboxylic acids is 2. The number of ether oxygens (including phenoxy) is 1. The number of likely N-dealkylation sites (tertiary alicyclic amines) is 1. The summed E-state index contributed by atoms with van der Waals surface area (Å²) in [4.78, 5) is 40.5. The molecule has 1 N–H and O–H groups in total. The van der Waals surface area contributed by atoms with Crippen molar-refractivity contribution < 1.29 is 14.3 Å². The molecular weight excluding hydrogens is 470 g/mol. The normalized spacial score (nSPS) is 15.3. The first-order valence-electron chi connectivity index (χ1n) is 12.6. The molecule has 2 aromatic heterocycles. The van der Waals surface area contributed by atoms with Crippen LogP contribution in [0.3, 0.4) is 0 Å². The highest BCUT2D eigenvalue weighted by molar-refractivity contribution is 5.91. The lowest BCUT2D eigenvalue weighted by atomic mass is 9.96. The van der Waals surface area contributed by atoms with Crippen LogP contribution in [-0.4, -0.2) is 55.1 Å². The van der Waals surface area contributed by atoms with Gasteiger partial charge in [0, 0.05) is 31.7 Å². The second-order valence-electron chi connectivity index (χ2n) is 10.3. The molecule has 0 aliphatic carbocycles. The molecule has 0 bridgehead atoms. The second kappa shape index (κ2) is 10.5. The maximum atomic E-state index is 13.0. The topological polar surface area (TPSA) is 126 Å². The number of aryl methyl sites for hydroxylation is 2. The van der Waals surface area contributed by atoms with E-state index in [1.807, 2.05) is 63.5 Å². The number of nitrogens with one attached hydrogen (secondary N) is 1. The van der Waals surface area contributed by atoms with Gasteiger partial charge in [0.05, 0.1) is 22.8 Å². The Morgan fingerprint density at radius 3 is 2.57 bits per heavy atom. The van der Waals surface area contributed by atoms with Gasteiger partial charge in [-0.05, 0) is 65.2 Å². The average molecular weight is 504 g/mol. The van der Waals surface area contributed by atoms with Crippen molar-refractivity contribution in [2.75, 3.05) is 18.4 Å². The zero-order valence-electron chi connectivity index (χ0n) is 22.0. The Bertz CT molecular complexity index is 1340. The van der Waals surface area contributed by atoms with Crippen molar-refractivity contribution in [3.8, 4) is 6.07 Å². The van der Waals surface area contributed by atoms with Crippen LogP contribution in [0.25, 0.3) is 11.0 Å².